The Labute approximate surface area is 128 Å². The van der Waals surface area contributed by atoms with E-state index in [0.717, 1.165) is 6.21 Å². The predicted octanol–water partition coefficient (Wildman–Crippen LogP) is 3.99. The van der Waals surface area contributed by atoms with Crippen LogP contribution in [0.2, 0.25) is 0 Å². The number of benzene rings is 2. The largest absolute Gasteiger partial charge is 0.478 e. The van der Waals surface area contributed by atoms with Crippen molar-refractivity contribution < 1.29 is 27.5 Å². The molecule has 0 atom stereocenters. The summed E-state index contributed by atoms with van der Waals surface area (Å²) in [5.74, 6) is -1.93. The number of halogens is 4. The quantitative estimate of drug-likeness (QED) is 0.507. The maximum absolute atomic E-state index is 13.5. The molecular weight excluding hydrogens is 316 g/mol. The van der Waals surface area contributed by atoms with Gasteiger partial charge in [-0.15, -0.1) is 0 Å². The number of hydrazone groups is 1. The first-order valence-electron chi connectivity index (χ1n) is 6.26. The number of anilines is 1. The molecule has 0 heterocycles. The van der Waals surface area contributed by atoms with Crippen LogP contribution in [0.3, 0.4) is 0 Å². The minimum atomic E-state index is -4.57. The van der Waals surface area contributed by atoms with Crippen LogP contribution in [-0.4, -0.2) is 17.3 Å². The number of carbonyl (C=O) groups is 1. The summed E-state index contributed by atoms with van der Waals surface area (Å²) in [6, 6.07) is 7.49. The van der Waals surface area contributed by atoms with Crippen LogP contribution in [0.5, 0.6) is 0 Å². The molecule has 2 rings (SSSR count). The van der Waals surface area contributed by atoms with E-state index in [4.69, 9.17) is 5.11 Å². The van der Waals surface area contributed by atoms with Crippen molar-refractivity contribution in [2.45, 2.75) is 6.18 Å². The average Bonchev–Trinajstić information content (AvgIpc) is 2.48. The van der Waals surface area contributed by atoms with Crippen molar-refractivity contribution in [1.82, 2.24) is 0 Å². The van der Waals surface area contributed by atoms with Crippen LogP contribution in [0.25, 0.3) is 0 Å². The summed E-state index contributed by atoms with van der Waals surface area (Å²) in [5, 5.41) is 12.4. The van der Waals surface area contributed by atoms with Gasteiger partial charge in [0.1, 0.15) is 5.82 Å². The van der Waals surface area contributed by atoms with Crippen molar-refractivity contribution in [1.29, 1.82) is 0 Å². The van der Waals surface area contributed by atoms with E-state index in [1.165, 1.54) is 24.3 Å². The molecule has 0 aliphatic carbocycles. The number of hydrogen-bond donors (Lipinski definition) is 2. The van der Waals surface area contributed by atoms with Crippen molar-refractivity contribution in [3.63, 3.8) is 0 Å². The second-order valence-corrected chi connectivity index (χ2v) is 4.49. The molecule has 0 aliphatic heterocycles. The van der Waals surface area contributed by atoms with Crippen LogP contribution in [0, 0.1) is 5.82 Å². The third kappa shape index (κ3) is 4.29. The first kappa shape index (κ1) is 16.5. The van der Waals surface area contributed by atoms with Crippen LogP contribution in [0.4, 0.5) is 23.2 Å². The van der Waals surface area contributed by atoms with Gasteiger partial charge < -0.3 is 5.11 Å². The number of nitrogens with one attached hydrogen (secondary N) is 1. The van der Waals surface area contributed by atoms with E-state index in [2.05, 4.69) is 10.5 Å². The Bertz CT molecular complexity index is 740. The van der Waals surface area contributed by atoms with E-state index in [9.17, 15) is 22.4 Å². The van der Waals surface area contributed by atoms with Gasteiger partial charge in [0.25, 0.3) is 0 Å². The first-order chi connectivity index (χ1) is 10.8. The molecule has 0 aliphatic rings. The lowest BCUT2D eigenvalue weighted by atomic mass is 10.1. The molecule has 0 unspecified atom stereocenters. The normalized spacial score (nSPS) is 11.7. The van der Waals surface area contributed by atoms with Crippen molar-refractivity contribution in [3.05, 3.63) is 65.0 Å². The van der Waals surface area contributed by atoms with Gasteiger partial charge in [-0.2, -0.15) is 18.3 Å². The minimum Gasteiger partial charge on any atom is -0.478 e. The van der Waals surface area contributed by atoms with E-state index >= 15 is 0 Å². The topological polar surface area (TPSA) is 61.7 Å². The highest BCUT2D eigenvalue weighted by Crippen LogP contribution is 2.30. The molecule has 2 N–H and O–H groups in total. The molecule has 2 aromatic carbocycles. The van der Waals surface area contributed by atoms with Crippen LogP contribution >= 0.6 is 0 Å². The second-order valence-electron chi connectivity index (χ2n) is 4.49. The highest BCUT2D eigenvalue weighted by Gasteiger charge is 2.30. The Balaban J connectivity index is 2.12. The summed E-state index contributed by atoms with van der Waals surface area (Å²) in [4.78, 5) is 10.7. The van der Waals surface area contributed by atoms with Gasteiger partial charge >= 0.3 is 12.1 Å². The van der Waals surface area contributed by atoms with Gasteiger partial charge in [0.15, 0.2) is 0 Å². The number of aromatic carboxylic acids is 1. The lowest BCUT2D eigenvalue weighted by molar-refractivity contribution is -0.137. The van der Waals surface area contributed by atoms with Crippen LogP contribution < -0.4 is 5.43 Å². The molecular formula is C15H10F4N2O2. The fraction of sp³-hybridized carbons (Fsp3) is 0.0667. The number of carboxylic acid groups (broad SMARTS) is 1. The van der Waals surface area contributed by atoms with Gasteiger partial charge in [0, 0.05) is 5.56 Å². The van der Waals surface area contributed by atoms with Gasteiger partial charge in [-0.1, -0.05) is 0 Å². The molecule has 2 aromatic rings. The smallest absolute Gasteiger partial charge is 0.416 e. The van der Waals surface area contributed by atoms with E-state index in [1.54, 1.807) is 0 Å². The summed E-state index contributed by atoms with van der Waals surface area (Å²) < 4.78 is 51.2. The highest BCUT2D eigenvalue weighted by molar-refractivity contribution is 5.88. The molecule has 0 aromatic heterocycles. The van der Waals surface area contributed by atoms with Crippen molar-refractivity contribution in [3.8, 4) is 0 Å². The third-order valence-corrected chi connectivity index (χ3v) is 2.85. The Morgan fingerprint density at radius 3 is 2.35 bits per heavy atom. The van der Waals surface area contributed by atoms with Crippen LogP contribution in [0.1, 0.15) is 21.5 Å². The van der Waals surface area contributed by atoms with Crippen molar-refractivity contribution in [2.75, 3.05) is 5.43 Å². The van der Waals surface area contributed by atoms with Gasteiger partial charge in [-0.3, -0.25) is 5.43 Å². The maximum atomic E-state index is 13.5. The lowest BCUT2D eigenvalue weighted by Crippen LogP contribution is -2.06. The monoisotopic (exact) mass is 326 g/mol. The fourth-order valence-electron chi connectivity index (χ4n) is 1.68. The Kier molecular flexibility index (Phi) is 4.63. The Morgan fingerprint density at radius 2 is 1.78 bits per heavy atom. The number of carboxylic acids is 1. The fourth-order valence-corrected chi connectivity index (χ4v) is 1.68. The highest BCUT2D eigenvalue weighted by atomic mass is 19.4. The summed E-state index contributed by atoms with van der Waals surface area (Å²) in [6.45, 7) is 0. The number of hydrogen-bond acceptors (Lipinski definition) is 3. The zero-order valence-electron chi connectivity index (χ0n) is 11.4. The number of alkyl halides is 3. The summed E-state index contributed by atoms with van der Waals surface area (Å²) in [6.07, 6.45) is -3.66. The molecule has 4 nitrogen and oxygen atoms in total. The van der Waals surface area contributed by atoms with Crippen molar-refractivity contribution in [2.24, 2.45) is 5.10 Å². The predicted molar refractivity (Wildman–Crippen MR) is 76.0 cm³/mol. The molecule has 0 amide bonds. The molecule has 120 valence electrons. The van der Waals surface area contributed by atoms with Gasteiger partial charge in [-0.25, -0.2) is 9.18 Å². The van der Waals surface area contributed by atoms with E-state index < -0.39 is 23.5 Å². The van der Waals surface area contributed by atoms with E-state index in [-0.39, 0.29) is 11.1 Å². The SMILES string of the molecule is O=C(O)c1ccc(NN=Cc2cc(C(F)(F)F)ccc2F)cc1. The van der Waals surface area contributed by atoms with Crippen LogP contribution in [-0.2, 0) is 6.18 Å². The standard InChI is InChI=1S/C15H10F4N2O2/c16-13-6-3-11(15(17,18)19)7-10(13)8-20-21-12-4-1-9(2-5-12)14(22)23/h1-8,21H,(H,22,23). The lowest BCUT2D eigenvalue weighted by Gasteiger charge is -2.07. The zero-order valence-corrected chi connectivity index (χ0v) is 11.4. The number of rotatable bonds is 4. The summed E-state index contributed by atoms with van der Waals surface area (Å²) >= 11 is 0. The van der Waals surface area contributed by atoms with Gasteiger partial charge in [0.2, 0.25) is 0 Å². The van der Waals surface area contributed by atoms with Crippen LogP contribution in [0.15, 0.2) is 47.6 Å². The molecule has 0 bridgehead atoms. The maximum Gasteiger partial charge on any atom is 0.416 e. The summed E-state index contributed by atoms with van der Waals surface area (Å²) in [5.41, 5.74) is 1.64. The minimum absolute atomic E-state index is 0.0726. The van der Waals surface area contributed by atoms with Gasteiger partial charge in [-0.05, 0) is 42.5 Å². The zero-order chi connectivity index (χ0) is 17.0. The molecule has 0 saturated carbocycles. The Morgan fingerprint density at radius 1 is 1.13 bits per heavy atom. The Hall–Kier alpha value is -2.90. The van der Waals surface area contributed by atoms with E-state index in [0.29, 0.717) is 23.9 Å². The molecule has 0 fully saturated rings. The average molecular weight is 326 g/mol. The first-order valence-corrected chi connectivity index (χ1v) is 6.26. The van der Waals surface area contributed by atoms with Gasteiger partial charge in [0.05, 0.1) is 23.0 Å². The summed E-state index contributed by atoms with van der Waals surface area (Å²) in [7, 11) is 0. The van der Waals surface area contributed by atoms with Crippen molar-refractivity contribution >= 4 is 17.9 Å². The molecule has 0 radical (unpaired) electrons. The molecule has 23 heavy (non-hydrogen) atoms. The third-order valence-electron chi connectivity index (χ3n) is 2.85. The number of nitrogens with zero attached hydrogens (tertiary/aromatic N) is 1. The molecule has 0 saturated heterocycles. The molecule has 8 heteroatoms. The van der Waals surface area contributed by atoms with E-state index in [1.807, 2.05) is 0 Å². The second kappa shape index (κ2) is 6.47. The molecule has 0 spiro atoms.